The van der Waals surface area contributed by atoms with E-state index in [-0.39, 0.29) is 0 Å². The number of benzene rings is 1. The van der Waals surface area contributed by atoms with Gasteiger partial charge in [0.1, 0.15) is 18.8 Å². The van der Waals surface area contributed by atoms with Crippen molar-refractivity contribution < 1.29 is 4.74 Å². The summed E-state index contributed by atoms with van der Waals surface area (Å²) in [4.78, 5) is 2.40. The average Bonchev–Trinajstić information content (AvgIpc) is 3.02. The zero-order valence-electron chi connectivity index (χ0n) is 11.1. The minimum Gasteiger partial charge on any atom is -0.497 e. The molecule has 1 fully saturated rings. The normalized spacial score (nSPS) is 19.6. The summed E-state index contributed by atoms with van der Waals surface area (Å²) in [5, 5.41) is 8.47. The monoisotopic (exact) mass is 261 g/mol. The summed E-state index contributed by atoms with van der Waals surface area (Å²) in [5.41, 5.74) is 4.21. The van der Waals surface area contributed by atoms with Gasteiger partial charge in [-0.15, -0.1) is 0 Å². The van der Waals surface area contributed by atoms with Crippen LogP contribution in [-0.4, -0.2) is 56.3 Å². The van der Waals surface area contributed by atoms with Crippen LogP contribution < -0.4 is 15.1 Å². The van der Waals surface area contributed by atoms with Gasteiger partial charge in [0.05, 0.1) is 7.11 Å². The van der Waals surface area contributed by atoms with Crippen LogP contribution in [-0.2, 0) is 0 Å². The molecule has 0 bridgehead atoms. The Kier molecular flexibility index (Phi) is 3.41. The van der Waals surface area contributed by atoms with E-state index in [1.807, 2.05) is 18.5 Å². The minimum absolute atomic E-state index is 0.780. The molecule has 0 aliphatic carbocycles. The van der Waals surface area contributed by atoms with Gasteiger partial charge in [0, 0.05) is 31.9 Å². The summed E-state index contributed by atoms with van der Waals surface area (Å²) < 4.78 is 5.19. The fraction of sp³-hybridized carbons (Fsp3) is 0.462. The van der Waals surface area contributed by atoms with Crippen molar-refractivity contribution in [3.05, 3.63) is 24.3 Å². The lowest BCUT2D eigenvalue weighted by atomic mass is 10.2. The highest BCUT2D eigenvalue weighted by atomic mass is 16.5. The van der Waals surface area contributed by atoms with Crippen LogP contribution in [0.1, 0.15) is 0 Å². The molecule has 6 nitrogen and oxygen atoms in total. The molecule has 0 radical (unpaired) electrons. The maximum absolute atomic E-state index is 5.19. The Morgan fingerprint density at radius 1 is 1.11 bits per heavy atom. The molecule has 0 saturated carbocycles. The maximum Gasteiger partial charge on any atom is 0.127 e. The van der Waals surface area contributed by atoms with Gasteiger partial charge in [-0.3, -0.25) is 10.4 Å². The van der Waals surface area contributed by atoms with Crippen LogP contribution in [0.15, 0.2) is 29.4 Å². The Balaban J connectivity index is 1.58. The minimum atomic E-state index is 0.780. The number of nitrogens with zero attached hydrogens (tertiary/aromatic N) is 4. The molecule has 2 aliphatic rings. The van der Waals surface area contributed by atoms with E-state index in [4.69, 9.17) is 4.74 Å². The number of rotatable bonds is 3. The summed E-state index contributed by atoms with van der Waals surface area (Å²) in [6.45, 7) is 4.86. The van der Waals surface area contributed by atoms with Gasteiger partial charge in [-0.1, -0.05) is 0 Å². The van der Waals surface area contributed by atoms with Gasteiger partial charge in [-0.25, -0.2) is 5.01 Å². The van der Waals surface area contributed by atoms with Gasteiger partial charge < -0.3 is 9.64 Å². The Morgan fingerprint density at radius 2 is 1.84 bits per heavy atom. The molecule has 102 valence electrons. The SMILES string of the molecule is COc1ccc(N2CCN(N3C=NNC3)CC2)cc1. The van der Waals surface area contributed by atoms with Crippen molar-refractivity contribution in [2.45, 2.75) is 0 Å². The number of piperazine rings is 1. The average molecular weight is 261 g/mol. The van der Waals surface area contributed by atoms with E-state index in [9.17, 15) is 0 Å². The number of anilines is 1. The summed E-state index contributed by atoms with van der Waals surface area (Å²) in [6, 6.07) is 8.26. The number of hydrazone groups is 1. The Labute approximate surface area is 113 Å². The molecule has 0 amide bonds. The van der Waals surface area contributed by atoms with Crippen LogP contribution >= 0.6 is 0 Å². The highest BCUT2D eigenvalue weighted by molar-refractivity contribution is 5.55. The number of hydrogen-bond donors (Lipinski definition) is 1. The molecule has 1 N–H and O–H groups in total. The topological polar surface area (TPSA) is 43.3 Å². The Morgan fingerprint density at radius 3 is 2.42 bits per heavy atom. The van der Waals surface area contributed by atoms with Gasteiger partial charge in [0.15, 0.2) is 0 Å². The molecule has 3 rings (SSSR count). The van der Waals surface area contributed by atoms with Crippen LogP contribution in [0.4, 0.5) is 5.69 Å². The molecule has 1 aromatic carbocycles. The van der Waals surface area contributed by atoms with E-state index in [0.717, 1.165) is 38.6 Å². The van der Waals surface area contributed by atoms with Gasteiger partial charge in [0.2, 0.25) is 0 Å². The first-order chi connectivity index (χ1) is 9.36. The molecule has 6 heteroatoms. The van der Waals surface area contributed by atoms with Crippen molar-refractivity contribution in [2.24, 2.45) is 5.10 Å². The van der Waals surface area contributed by atoms with E-state index < -0.39 is 0 Å². The van der Waals surface area contributed by atoms with Crippen molar-refractivity contribution in [3.8, 4) is 5.75 Å². The largest absolute Gasteiger partial charge is 0.497 e. The third kappa shape index (κ3) is 2.58. The van der Waals surface area contributed by atoms with Crippen molar-refractivity contribution >= 4 is 12.0 Å². The van der Waals surface area contributed by atoms with E-state index in [1.54, 1.807) is 7.11 Å². The van der Waals surface area contributed by atoms with Crippen LogP contribution in [0, 0.1) is 0 Å². The van der Waals surface area contributed by atoms with E-state index in [2.05, 4.69) is 37.6 Å². The highest BCUT2D eigenvalue weighted by Crippen LogP contribution is 2.20. The first-order valence-electron chi connectivity index (χ1n) is 6.53. The van der Waals surface area contributed by atoms with E-state index in [1.165, 1.54) is 5.69 Å². The first-order valence-corrected chi connectivity index (χ1v) is 6.53. The van der Waals surface area contributed by atoms with E-state index >= 15 is 0 Å². The quantitative estimate of drug-likeness (QED) is 0.860. The molecule has 0 aromatic heterocycles. The lowest BCUT2D eigenvalue weighted by Crippen LogP contribution is -2.53. The number of hydrogen-bond acceptors (Lipinski definition) is 6. The van der Waals surface area contributed by atoms with Crippen molar-refractivity contribution in [1.29, 1.82) is 0 Å². The number of ether oxygens (including phenoxy) is 1. The molecular weight excluding hydrogens is 242 g/mol. The van der Waals surface area contributed by atoms with Crippen molar-refractivity contribution in [3.63, 3.8) is 0 Å². The molecule has 0 spiro atoms. The third-order valence-corrected chi connectivity index (χ3v) is 3.57. The second-order valence-electron chi connectivity index (χ2n) is 4.64. The first kappa shape index (κ1) is 12.1. The number of nitrogens with one attached hydrogen (secondary N) is 1. The predicted molar refractivity (Wildman–Crippen MR) is 75.1 cm³/mol. The molecule has 2 aliphatic heterocycles. The summed E-state index contributed by atoms with van der Waals surface area (Å²) >= 11 is 0. The highest BCUT2D eigenvalue weighted by Gasteiger charge is 2.22. The molecule has 0 atom stereocenters. The molecule has 1 aromatic rings. The molecule has 19 heavy (non-hydrogen) atoms. The van der Waals surface area contributed by atoms with Crippen LogP contribution in [0.3, 0.4) is 0 Å². The lowest BCUT2D eigenvalue weighted by Gasteiger charge is -2.39. The summed E-state index contributed by atoms with van der Waals surface area (Å²) in [6.07, 6.45) is 1.85. The van der Waals surface area contributed by atoms with Crippen LogP contribution in [0.25, 0.3) is 0 Å². The van der Waals surface area contributed by atoms with Crippen molar-refractivity contribution in [2.75, 3.05) is 44.9 Å². The smallest absolute Gasteiger partial charge is 0.127 e. The van der Waals surface area contributed by atoms with Crippen LogP contribution in [0.2, 0.25) is 0 Å². The fourth-order valence-electron chi connectivity index (χ4n) is 2.44. The van der Waals surface area contributed by atoms with Gasteiger partial charge in [0.25, 0.3) is 0 Å². The fourth-order valence-corrected chi connectivity index (χ4v) is 2.44. The predicted octanol–water partition coefficient (Wildman–Crippen LogP) is 0.538. The van der Waals surface area contributed by atoms with Gasteiger partial charge in [-0.2, -0.15) is 5.10 Å². The zero-order chi connectivity index (χ0) is 13.1. The molecule has 0 unspecified atom stereocenters. The summed E-state index contributed by atoms with van der Waals surface area (Å²) in [5.74, 6) is 0.904. The number of methoxy groups -OCH3 is 1. The van der Waals surface area contributed by atoms with Crippen LogP contribution in [0.5, 0.6) is 5.75 Å². The Hall–Kier alpha value is -1.95. The van der Waals surface area contributed by atoms with E-state index in [0.29, 0.717) is 0 Å². The molecule has 2 heterocycles. The van der Waals surface area contributed by atoms with Gasteiger partial charge >= 0.3 is 0 Å². The maximum atomic E-state index is 5.19. The third-order valence-electron chi connectivity index (χ3n) is 3.57. The standard InChI is InChI=1S/C13H19N5O/c1-19-13-4-2-12(3-5-13)16-6-8-17(9-7-16)18-10-14-15-11-18/h2-5,10,15H,6-9,11H2,1H3. The number of hydrazine groups is 1. The second kappa shape index (κ2) is 5.36. The lowest BCUT2D eigenvalue weighted by molar-refractivity contribution is 0.0473. The molecular formula is C13H19N5O. The van der Waals surface area contributed by atoms with Crippen molar-refractivity contribution in [1.82, 2.24) is 15.4 Å². The summed E-state index contributed by atoms with van der Waals surface area (Å²) in [7, 11) is 1.69. The Bertz CT molecular complexity index is 439. The molecule has 1 saturated heterocycles. The zero-order valence-corrected chi connectivity index (χ0v) is 11.1. The van der Waals surface area contributed by atoms with Gasteiger partial charge in [-0.05, 0) is 24.3 Å². The second-order valence-corrected chi connectivity index (χ2v) is 4.64.